The number of aryl methyl sites for hydroxylation is 2. The molecule has 4 heteroatoms. The molecule has 0 aliphatic rings. The summed E-state index contributed by atoms with van der Waals surface area (Å²) >= 11 is 0. The fourth-order valence-electron chi connectivity index (χ4n) is 2.16. The molecule has 0 fully saturated rings. The molecule has 1 amide bonds. The molecule has 1 unspecified atom stereocenters. The zero-order valence-electron chi connectivity index (χ0n) is 13.1. The monoisotopic (exact) mass is 289 g/mol. The van der Waals surface area contributed by atoms with Crippen LogP contribution in [0.4, 0.5) is 0 Å². The number of nitrogens with one attached hydrogen (secondary N) is 1. The number of rotatable bonds is 5. The Bertz CT molecular complexity index is 643. The standard InChI is InChI=1S/C17H23NO3/c1-10(2)15(19)8-18-17(20)7-13-9-21-16-6-12(4)11(3)5-14(13)16/h5-6,9-10,15,19H,7-8H2,1-4H3,(H,18,20). The van der Waals surface area contributed by atoms with Gasteiger partial charge in [-0.1, -0.05) is 13.8 Å². The Morgan fingerprint density at radius 2 is 1.95 bits per heavy atom. The van der Waals surface area contributed by atoms with Crippen molar-refractivity contribution in [1.82, 2.24) is 5.32 Å². The maximum absolute atomic E-state index is 12.0. The minimum absolute atomic E-state index is 0.101. The predicted octanol–water partition coefficient (Wildman–Crippen LogP) is 2.73. The van der Waals surface area contributed by atoms with Crippen molar-refractivity contribution in [1.29, 1.82) is 0 Å². The van der Waals surface area contributed by atoms with Crippen LogP contribution in [-0.2, 0) is 11.2 Å². The molecule has 0 saturated heterocycles. The quantitative estimate of drug-likeness (QED) is 0.889. The fraction of sp³-hybridized carbons (Fsp3) is 0.471. The van der Waals surface area contributed by atoms with E-state index in [0.29, 0.717) is 0 Å². The largest absolute Gasteiger partial charge is 0.464 e. The number of carbonyl (C=O) groups excluding carboxylic acids is 1. The van der Waals surface area contributed by atoms with Gasteiger partial charge >= 0.3 is 0 Å². The second-order valence-corrected chi connectivity index (χ2v) is 5.99. The number of aliphatic hydroxyl groups excluding tert-OH is 1. The van der Waals surface area contributed by atoms with Crippen LogP contribution in [0.25, 0.3) is 11.0 Å². The molecule has 0 bridgehead atoms. The van der Waals surface area contributed by atoms with Crippen molar-refractivity contribution < 1.29 is 14.3 Å². The molecule has 2 N–H and O–H groups in total. The summed E-state index contributed by atoms with van der Waals surface area (Å²) < 4.78 is 5.52. The Hall–Kier alpha value is -1.81. The average molecular weight is 289 g/mol. The zero-order chi connectivity index (χ0) is 15.6. The first-order valence-corrected chi connectivity index (χ1v) is 7.30. The maximum atomic E-state index is 12.0. The van der Waals surface area contributed by atoms with Crippen molar-refractivity contribution in [2.24, 2.45) is 5.92 Å². The van der Waals surface area contributed by atoms with Crippen LogP contribution in [0, 0.1) is 19.8 Å². The van der Waals surface area contributed by atoms with Gasteiger partial charge in [0.15, 0.2) is 0 Å². The van der Waals surface area contributed by atoms with Crippen LogP contribution in [-0.4, -0.2) is 23.7 Å². The van der Waals surface area contributed by atoms with Gasteiger partial charge in [-0.25, -0.2) is 0 Å². The Labute approximate surface area is 125 Å². The lowest BCUT2D eigenvalue weighted by atomic mass is 10.0. The lowest BCUT2D eigenvalue weighted by Gasteiger charge is -2.14. The molecule has 4 nitrogen and oxygen atoms in total. The minimum atomic E-state index is -0.514. The lowest BCUT2D eigenvalue weighted by Crippen LogP contribution is -2.35. The maximum Gasteiger partial charge on any atom is 0.224 e. The molecule has 1 aromatic carbocycles. The van der Waals surface area contributed by atoms with E-state index in [1.165, 1.54) is 11.1 Å². The van der Waals surface area contributed by atoms with E-state index in [9.17, 15) is 9.90 Å². The number of benzene rings is 1. The molecule has 1 aromatic heterocycles. The molecule has 0 aliphatic carbocycles. The smallest absolute Gasteiger partial charge is 0.224 e. The van der Waals surface area contributed by atoms with Gasteiger partial charge in [0.05, 0.1) is 18.8 Å². The highest BCUT2D eigenvalue weighted by Gasteiger charge is 2.14. The molecule has 0 radical (unpaired) electrons. The van der Waals surface area contributed by atoms with Gasteiger partial charge in [-0.3, -0.25) is 4.79 Å². The van der Waals surface area contributed by atoms with Gasteiger partial charge in [0.1, 0.15) is 5.58 Å². The molecule has 0 aliphatic heterocycles. The van der Waals surface area contributed by atoms with Crippen molar-refractivity contribution >= 4 is 16.9 Å². The topological polar surface area (TPSA) is 62.5 Å². The number of furan rings is 1. The van der Waals surface area contributed by atoms with E-state index in [4.69, 9.17) is 4.42 Å². The predicted molar refractivity (Wildman–Crippen MR) is 83.2 cm³/mol. The molecule has 114 valence electrons. The highest BCUT2D eigenvalue weighted by molar-refractivity contribution is 5.88. The molecule has 2 aromatic rings. The van der Waals surface area contributed by atoms with Gasteiger partial charge < -0.3 is 14.8 Å². The van der Waals surface area contributed by atoms with Gasteiger partial charge in [0.25, 0.3) is 0 Å². The number of hydrogen-bond acceptors (Lipinski definition) is 3. The summed E-state index contributed by atoms with van der Waals surface area (Å²) in [6.07, 6.45) is 1.39. The summed E-state index contributed by atoms with van der Waals surface area (Å²) in [6.45, 7) is 8.21. The summed E-state index contributed by atoms with van der Waals surface area (Å²) in [5.41, 5.74) is 4.04. The van der Waals surface area contributed by atoms with Crippen LogP contribution in [0.3, 0.4) is 0 Å². The van der Waals surface area contributed by atoms with Crippen LogP contribution in [0.1, 0.15) is 30.5 Å². The first-order valence-electron chi connectivity index (χ1n) is 7.30. The third-order valence-electron chi connectivity index (χ3n) is 3.90. The van der Waals surface area contributed by atoms with Crippen LogP contribution in [0.2, 0.25) is 0 Å². The number of amides is 1. The van der Waals surface area contributed by atoms with E-state index in [-0.39, 0.29) is 24.8 Å². The number of hydrogen-bond donors (Lipinski definition) is 2. The van der Waals surface area contributed by atoms with Crippen LogP contribution in [0.15, 0.2) is 22.8 Å². The average Bonchev–Trinajstić information content (AvgIpc) is 2.79. The molecular formula is C17H23NO3. The summed E-state index contributed by atoms with van der Waals surface area (Å²) in [7, 11) is 0. The molecule has 21 heavy (non-hydrogen) atoms. The van der Waals surface area contributed by atoms with Crippen molar-refractivity contribution in [2.45, 2.75) is 40.2 Å². The number of carbonyl (C=O) groups is 1. The highest BCUT2D eigenvalue weighted by Crippen LogP contribution is 2.25. The fourth-order valence-corrected chi connectivity index (χ4v) is 2.16. The summed E-state index contributed by atoms with van der Waals surface area (Å²) in [6, 6.07) is 4.05. The van der Waals surface area contributed by atoms with Crippen molar-refractivity contribution in [3.8, 4) is 0 Å². The molecule has 2 rings (SSSR count). The number of fused-ring (bicyclic) bond motifs is 1. The Morgan fingerprint density at radius 3 is 2.62 bits per heavy atom. The molecule has 1 atom stereocenters. The van der Waals surface area contributed by atoms with E-state index < -0.39 is 6.10 Å². The molecule has 1 heterocycles. The molecular weight excluding hydrogens is 266 g/mol. The van der Waals surface area contributed by atoms with E-state index in [2.05, 4.69) is 11.4 Å². The number of aliphatic hydroxyl groups is 1. The van der Waals surface area contributed by atoms with Gasteiger partial charge in [0, 0.05) is 17.5 Å². The summed E-state index contributed by atoms with van der Waals surface area (Å²) in [4.78, 5) is 12.0. The normalized spacial score (nSPS) is 12.9. The first kappa shape index (κ1) is 15.6. The van der Waals surface area contributed by atoms with Gasteiger partial charge in [-0.05, 0) is 43.0 Å². The lowest BCUT2D eigenvalue weighted by molar-refractivity contribution is -0.121. The first-order chi connectivity index (χ1) is 9.88. The Balaban J connectivity index is 2.06. The minimum Gasteiger partial charge on any atom is -0.464 e. The van der Waals surface area contributed by atoms with E-state index in [0.717, 1.165) is 16.5 Å². The SMILES string of the molecule is Cc1cc2occ(CC(=O)NCC(O)C(C)C)c2cc1C. The van der Waals surface area contributed by atoms with Crippen LogP contribution < -0.4 is 5.32 Å². The summed E-state index contributed by atoms with van der Waals surface area (Å²) in [5.74, 6) is 0.0290. The third kappa shape index (κ3) is 3.64. The zero-order valence-corrected chi connectivity index (χ0v) is 13.1. The van der Waals surface area contributed by atoms with Crippen LogP contribution >= 0.6 is 0 Å². The Morgan fingerprint density at radius 1 is 1.29 bits per heavy atom. The van der Waals surface area contributed by atoms with Gasteiger partial charge in [-0.2, -0.15) is 0 Å². The third-order valence-corrected chi connectivity index (χ3v) is 3.90. The van der Waals surface area contributed by atoms with Crippen molar-refractivity contribution in [2.75, 3.05) is 6.54 Å². The van der Waals surface area contributed by atoms with Crippen molar-refractivity contribution in [3.05, 3.63) is 35.1 Å². The van der Waals surface area contributed by atoms with E-state index in [1.807, 2.05) is 33.8 Å². The van der Waals surface area contributed by atoms with E-state index in [1.54, 1.807) is 6.26 Å². The molecule has 0 spiro atoms. The van der Waals surface area contributed by atoms with E-state index >= 15 is 0 Å². The second kappa shape index (κ2) is 6.31. The van der Waals surface area contributed by atoms with Gasteiger partial charge in [0.2, 0.25) is 5.91 Å². The van der Waals surface area contributed by atoms with Crippen molar-refractivity contribution in [3.63, 3.8) is 0 Å². The second-order valence-electron chi connectivity index (χ2n) is 5.99. The van der Waals surface area contributed by atoms with Gasteiger partial charge in [-0.15, -0.1) is 0 Å². The molecule has 0 saturated carbocycles. The van der Waals surface area contributed by atoms with Crippen LogP contribution in [0.5, 0.6) is 0 Å². The highest BCUT2D eigenvalue weighted by atomic mass is 16.3. The Kier molecular flexibility index (Phi) is 4.68. The summed E-state index contributed by atoms with van der Waals surface area (Å²) in [5, 5.41) is 13.5.